The molecule has 1 atom stereocenters. The quantitative estimate of drug-likeness (QED) is 0.665. The Morgan fingerprint density at radius 3 is 2.52 bits per heavy atom. The summed E-state index contributed by atoms with van der Waals surface area (Å²) in [5.74, 6) is 0.223. The standard InChI is InChI=1S/C20H18Cl2N2O/c21-14-6-8-15(17(22)12-14)19(24-10-1-2-11-24)16-7-5-13-4-3-9-23-18(13)20(16)25/h3-9,12,19,25H,1-2,10-11H2/t19-/m1/s1. The zero-order valence-electron chi connectivity index (χ0n) is 13.6. The number of aromatic nitrogens is 1. The fourth-order valence-corrected chi connectivity index (χ4v) is 4.16. The molecule has 1 saturated heterocycles. The first-order valence-electron chi connectivity index (χ1n) is 8.41. The lowest BCUT2D eigenvalue weighted by atomic mass is 9.95. The van der Waals surface area contributed by atoms with Crippen LogP contribution in [-0.2, 0) is 0 Å². The van der Waals surface area contributed by atoms with E-state index >= 15 is 0 Å². The van der Waals surface area contributed by atoms with Crippen molar-refractivity contribution in [1.82, 2.24) is 9.88 Å². The molecule has 0 spiro atoms. The van der Waals surface area contributed by atoms with E-state index in [2.05, 4.69) is 9.88 Å². The Bertz CT molecular complexity index is 923. The zero-order chi connectivity index (χ0) is 17.4. The Balaban J connectivity index is 1.90. The van der Waals surface area contributed by atoms with Crippen molar-refractivity contribution in [3.8, 4) is 5.75 Å². The molecular weight excluding hydrogens is 355 g/mol. The van der Waals surface area contributed by atoms with Crippen LogP contribution in [0.15, 0.2) is 48.7 Å². The summed E-state index contributed by atoms with van der Waals surface area (Å²) in [5.41, 5.74) is 2.41. The number of phenols is 1. The van der Waals surface area contributed by atoms with Crippen molar-refractivity contribution >= 4 is 34.1 Å². The number of phenolic OH excluding ortho intramolecular Hbond substituents is 1. The average Bonchev–Trinajstić information content (AvgIpc) is 3.13. The molecule has 1 aliphatic rings. The van der Waals surface area contributed by atoms with Crippen LogP contribution < -0.4 is 0 Å². The van der Waals surface area contributed by atoms with Crippen LogP contribution >= 0.6 is 23.2 Å². The summed E-state index contributed by atoms with van der Waals surface area (Å²) < 4.78 is 0. The van der Waals surface area contributed by atoms with E-state index < -0.39 is 0 Å². The molecule has 0 saturated carbocycles. The van der Waals surface area contributed by atoms with Crippen LogP contribution in [0, 0.1) is 0 Å². The van der Waals surface area contributed by atoms with E-state index in [1.807, 2.05) is 36.4 Å². The highest BCUT2D eigenvalue weighted by Gasteiger charge is 2.29. The first-order valence-corrected chi connectivity index (χ1v) is 9.16. The molecule has 0 bridgehead atoms. The number of aromatic hydroxyl groups is 1. The molecule has 5 heteroatoms. The molecule has 2 aromatic carbocycles. The summed E-state index contributed by atoms with van der Waals surface area (Å²) in [6.07, 6.45) is 3.99. The lowest BCUT2D eigenvalue weighted by Crippen LogP contribution is -2.27. The Hall–Kier alpha value is -1.81. The third-order valence-electron chi connectivity index (χ3n) is 4.84. The van der Waals surface area contributed by atoms with Crippen molar-refractivity contribution in [3.63, 3.8) is 0 Å². The Morgan fingerprint density at radius 1 is 1.00 bits per heavy atom. The third kappa shape index (κ3) is 3.08. The molecule has 1 aromatic heterocycles. The summed E-state index contributed by atoms with van der Waals surface area (Å²) in [7, 11) is 0. The van der Waals surface area contributed by atoms with E-state index in [9.17, 15) is 5.11 Å². The minimum absolute atomic E-state index is 0.112. The van der Waals surface area contributed by atoms with Crippen LogP contribution in [0.4, 0.5) is 0 Å². The molecule has 0 aliphatic carbocycles. The van der Waals surface area contributed by atoms with Gasteiger partial charge < -0.3 is 5.11 Å². The average molecular weight is 373 g/mol. The van der Waals surface area contributed by atoms with Gasteiger partial charge in [-0.1, -0.05) is 47.5 Å². The number of likely N-dealkylation sites (tertiary alicyclic amines) is 1. The maximum absolute atomic E-state index is 10.9. The molecule has 3 aromatic rings. The zero-order valence-corrected chi connectivity index (χ0v) is 15.1. The van der Waals surface area contributed by atoms with Crippen molar-refractivity contribution in [2.24, 2.45) is 0 Å². The van der Waals surface area contributed by atoms with Gasteiger partial charge in [-0.25, -0.2) is 0 Å². The molecule has 3 nitrogen and oxygen atoms in total. The van der Waals surface area contributed by atoms with Gasteiger partial charge in [0.15, 0.2) is 0 Å². The summed E-state index contributed by atoms with van der Waals surface area (Å²) in [4.78, 5) is 6.72. The molecule has 1 fully saturated rings. The second-order valence-corrected chi connectivity index (χ2v) is 7.23. The summed E-state index contributed by atoms with van der Waals surface area (Å²) in [6, 6.07) is 13.3. The number of benzene rings is 2. The second-order valence-electron chi connectivity index (χ2n) is 6.39. The Kier molecular flexibility index (Phi) is 4.55. The van der Waals surface area contributed by atoms with E-state index in [0.29, 0.717) is 15.6 Å². The summed E-state index contributed by atoms with van der Waals surface area (Å²) >= 11 is 12.6. The molecule has 1 N–H and O–H groups in total. The molecule has 0 unspecified atom stereocenters. The van der Waals surface area contributed by atoms with Gasteiger partial charge in [-0.2, -0.15) is 0 Å². The molecule has 1 aliphatic heterocycles. The van der Waals surface area contributed by atoms with Crippen LogP contribution in [0.5, 0.6) is 5.75 Å². The fraction of sp³-hybridized carbons (Fsp3) is 0.250. The van der Waals surface area contributed by atoms with E-state index in [1.54, 1.807) is 12.3 Å². The second kappa shape index (κ2) is 6.83. The maximum atomic E-state index is 10.9. The van der Waals surface area contributed by atoms with Crippen LogP contribution in [0.2, 0.25) is 10.0 Å². The van der Waals surface area contributed by atoms with Crippen LogP contribution in [0.25, 0.3) is 10.9 Å². The molecule has 0 radical (unpaired) electrons. The highest BCUT2D eigenvalue weighted by molar-refractivity contribution is 6.35. The van der Waals surface area contributed by atoms with Gasteiger partial charge in [-0.3, -0.25) is 9.88 Å². The Morgan fingerprint density at radius 2 is 1.76 bits per heavy atom. The van der Waals surface area contributed by atoms with Gasteiger partial charge in [-0.15, -0.1) is 0 Å². The smallest absolute Gasteiger partial charge is 0.146 e. The van der Waals surface area contributed by atoms with Gasteiger partial charge in [0.25, 0.3) is 0 Å². The number of nitrogens with zero attached hydrogens (tertiary/aromatic N) is 2. The number of pyridine rings is 1. The largest absolute Gasteiger partial charge is 0.505 e. The lowest BCUT2D eigenvalue weighted by Gasteiger charge is -2.30. The van der Waals surface area contributed by atoms with Gasteiger partial charge in [0.1, 0.15) is 11.3 Å². The van der Waals surface area contributed by atoms with Crippen molar-refractivity contribution in [3.05, 3.63) is 69.8 Å². The van der Waals surface area contributed by atoms with E-state index in [4.69, 9.17) is 23.2 Å². The summed E-state index contributed by atoms with van der Waals surface area (Å²) in [6.45, 7) is 1.95. The highest BCUT2D eigenvalue weighted by Crippen LogP contribution is 2.41. The minimum Gasteiger partial charge on any atom is -0.505 e. The predicted molar refractivity (Wildman–Crippen MR) is 103 cm³/mol. The normalized spacial score (nSPS) is 16.4. The number of rotatable bonds is 3. The SMILES string of the molecule is Oc1c([C@@H](c2ccc(Cl)cc2Cl)N2CCCC2)ccc2cccnc12. The number of hydrogen-bond acceptors (Lipinski definition) is 3. The van der Waals surface area contributed by atoms with Gasteiger partial charge in [-0.05, 0) is 49.7 Å². The number of hydrogen-bond donors (Lipinski definition) is 1. The topological polar surface area (TPSA) is 36.4 Å². The fourth-order valence-electron chi connectivity index (χ4n) is 3.65. The van der Waals surface area contributed by atoms with E-state index in [0.717, 1.165) is 42.4 Å². The highest BCUT2D eigenvalue weighted by atomic mass is 35.5. The molecule has 128 valence electrons. The van der Waals surface area contributed by atoms with Gasteiger partial charge in [0, 0.05) is 27.2 Å². The first kappa shape index (κ1) is 16.6. The first-order chi connectivity index (χ1) is 12.1. The minimum atomic E-state index is -0.112. The molecular formula is C20H18Cl2N2O. The van der Waals surface area contributed by atoms with Crippen LogP contribution in [-0.4, -0.2) is 28.1 Å². The summed E-state index contributed by atoms with van der Waals surface area (Å²) in [5, 5.41) is 13.1. The van der Waals surface area contributed by atoms with Crippen LogP contribution in [0.3, 0.4) is 0 Å². The molecule has 2 heterocycles. The molecule has 0 amide bonds. The number of fused-ring (bicyclic) bond motifs is 1. The van der Waals surface area contributed by atoms with Gasteiger partial charge in [0.05, 0.1) is 6.04 Å². The van der Waals surface area contributed by atoms with E-state index in [-0.39, 0.29) is 11.8 Å². The molecule has 4 rings (SSSR count). The van der Waals surface area contributed by atoms with Gasteiger partial charge >= 0.3 is 0 Å². The number of halogens is 2. The van der Waals surface area contributed by atoms with Crippen molar-refractivity contribution in [2.75, 3.05) is 13.1 Å². The monoisotopic (exact) mass is 372 g/mol. The van der Waals surface area contributed by atoms with Crippen LogP contribution in [0.1, 0.15) is 30.0 Å². The van der Waals surface area contributed by atoms with Crippen molar-refractivity contribution < 1.29 is 5.11 Å². The Labute approximate surface area is 156 Å². The van der Waals surface area contributed by atoms with Crippen molar-refractivity contribution in [2.45, 2.75) is 18.9 Å². The third-order valence-corrected chi connectivity index (χ3v) is 5.40. The van der Waals surface area contributed by atoms with Crippen molar-refractivity contribution in [1.29, 1.82) is 0 Å². The molecule has 25 heavy (non-hydrogen) atoms. The maximum Gasteiger partial charge on any atom is 0.146 e. The van der Waals surface area contributed by atoms with Gasteiger partial charge in [0.2, 0.25) is 0 Å². The van der Waals surface area contributed by atoms with E-state index in [1.165, 1.54) is 0 Å². The lowest BCUT2D eigenvalue weighted by molar-refractivity contribution is 0.276. The predicted octanol–water partition coefficient (Wildman–Crippen LogP) is 5.43.